The number of hydrogen-bond donors (Lipinski definition) is 1. The lowest BCUT2D eigenvalue weighted by molar-refractivity contribution is 0.0466. The Bertz CT molecular complexity index is 647. The standard InChI is InChI=1S/C17H20N2O/c1-12-9-17(20,11-19(12)14-5-6-14)16-4-2-3-13-10-18-8-7-15(13)16/h2-4,7-8,10,12,14,20H,5-6,9,11H2,1H3. The lowest BCUT2D eigenvalue weighted by Crippen LogP contribution is -2.33. The zero-order chi connectivity index (χ0) is 13.7. The summed E-state index contributed by atoms with van der Waals surface area (Å²) in [5.41, 5.74) is 0.343. The van der Waals surface area contributed by atoms with Crippen LogP contribution in [0.25, 0.3) is 10.8 Å². The number of hydrogen-bond acceptors (Lipinski definition) is 3. The summed E-state index contributed by atoms with van der Waals surface area (Å²) in [6, 6.07) is 9.35. The smallest absolute Gasteiger partial charge is 0.104 e. The van der Waals surface area contributed by atoms with Crippen LogP contribution in [0.3, 0.4) is 0 Å². The van der Waals surface area contributed by atoms with Gasteiger partial charge in [-0.15, -0.1) is 0 Å². The van der Waals surface area contributed by atoms with E-state index in [1.807, 2.05) is 24.5 Å². The van der Waals surface area contributed by atoms with Crippen LogP contribution in [0.1, 0.15) is 31.7 Å². The maximum atomic E-state index is 11.2. The van der Waals surface area contributed by atoms with Gasteiger partial charge in [-0.3, -0.25) is 9.88 Å². The third-order valence-corrected chi connectivity index (χ3v) is 4.84. The van der Waals surface area contributed by atoms with Crippen molar-refractivity contribution < 1.29 is 5.11 Å². The zero-order valence-corrected chi connectivity index (χ0v) is 11.8. The van der Waals surface area contributed by atoms with Gasteiger partial charge in [0.2, 0.25) is 0 Å². The molecule has 1 saturated carbocycles. The second-order valence-corrected chi connectivity index (χ2v) is 6.39. The molecule has 3 nitrogen and oxygen atoms in total. The molecule has 104 valence electrons. The summed E-state index contributed by atoms with van der Waals surface area (Å²) in [7, 11) is 0. The second-order valence-electron chi connectivity index (χ2n) is 6.39. The molecule has 4 rings (SSSR count). The number of pyridine rings is 1. The van der Waals surface area contributed by atoms with Gasteiger partial charge in [-0.2, -0.15) is 0 Å². The summed E-state index contributed by atoms with van der Waals surface area (Å²) < 4.78 is 0. The molecule has 2 aliphatic rings. The van der Waals surface area contributed by atoms with E-state index in [2.05, 4.69) is 28.9 Å². The Hall–Kier alpha value is -1.45. The average molecular weight is 268 g/mol. The first-order valence-corrected chi connectivity index (χ1v) is 7.49. The van der Waals surface area contributed by atoms with E-state index in [9.17, 15) is 5.11 Å². The molecule has 3 heteroatoms. The predicted molar refractivity (Wildman–Crippen MR) is 79.4 cm³/mol. The summed E-state index contributed by atoms with van der Waals surface area (Å²) >= 11 is 0. The fourth-order valence-electron chi connectivity index (χ4n) is 3.75. The van der Waals surface area contributed by atoms with Crippen LogP contribution in [0.2, 0.25) is 0 Å². The Balaban J connectivity index is 1.78. The molecule has 1 aliphatic carbocycles. The normalized spacial score (nSPS) is 31.0. The molecule has 2 fully saturated rings. The van der Waals surface area contributed by atoms with E-state index in [1.165, 1.54) is 12.8 Å². The first kappa shape index (κ1) is 12.3. The largest absolute Gasteiger partial charge is 0.384 e. The van der Waals surface area contributed by atoms with Crippen molar-refractivity contribution in [2.24, 2.45) is 0 Å². The van der Waals surface area contributed by atoms with E-state index in [0.717, 1.165) is 29.3 Å². The fourth-order valence-corrected chi connectivity index (χ4v) is 3.75. The molecule has 2 unspecified atom stereocenters. The lowest BCUT2D eigenvalue weighted by atomic mass is 9.88. The van der Waals surface area contributed by atoms with Gasteiger partial charge < -0.3 is 5.11 Å². The predicted octanol–water partition coefficient (Wildman–Crippen LogP) is 2.68. The quantitative estimate of drug-likeness (QED) is 0.909. The molecule has 20 heavy (non-hydrogen) atoms. The first-order valence-electron chi connectivity index (χ1n) is 7.49. The highest BCUT2D eigenvalue weighted by atomic mass is 16.3. The number of nitrogens with zero attached hydrogens (tertiary/aromatic N) is 2. The topological polar surface area (TPSA) is 36.4 Å². The molecule has 0 radical (unpaired) electrons. The molecule has 1 aromatic carbocycles. The highest BCUT2D eigenvalue weighted by Crippen LogP contribution is 2.43. The molecule has 0 spiro atoms. The number of β-amino-alcohol motifs (C(OH)–C–C–N with tert-alkyl or cyclic N) is 1. The monoisotopic (exact) mass is 268 g/mol. The Labute approximate surface area is 119 Å². The van der Waals surface area contributed by atoms with Gasteiger partial charge in [0.25, 0.3) is 0 Å². The SMILES string of the molecule is CC1CC(O)(c2cccc3cnccc23)CN1C1CC1. The van der Waals surface area contributed by atoms with Crippen molar-refractivity contribution in [1.29, 1.82) is 0 Å². The molecule has 0 amide bonds. The molecule has 1 saturated heterocycles. The van der Waals surface area contributed by atoms with Crippen LogP contribution in [-0.2, 0) is 5.60 Å². The number of fused-ring (bicyclic) bond motifs is 1. The molecular formula is C17H20N2O. The Morgan fingerprint density at radius 2 is 2.15 bits per heavy atom. The first-order chi connectivity index (χ1) is 9.67. The summed E-state index contributed by atoms with van der Waals surface area (Å²) in [6.07, 6.45) is 7.09. The van der Waals surface area contributed by atoms with Crippen molar-refractivity contribution in [2.45, 2.75) is 43.9 Å². The number of aliphatic hydroxyl groups is 1. The van der Waals surface area contributed by atoms with Crippen LogP contribution >= 0.6 is 0 Å². The van der Waals surface area contributed by atoms with Crippen molar-refractivity contribution in [1.82, 2.24) is 9.88 Å². The third-order valence-electron chi connectivity index (χ3n) is 4.84. The molecule has 2 aromatic rings. The van der Waals surface area contributed by atoms with Gasteiger partial charge in [0.05, 0.1) is 0 Å². The Morgan fingerprint density at radius 1 is 1.30 bits per heavy atom. The minimum absolute atomic E-state index is 0.463. The molecule has 1 aromatic heterocycles. The van der Waals surface area contributed by atoms with Gasteiger partial charge in [-0.05, 0) is 43.2 Å². The van der Waals surface area contributed by atoms with E-state index in [-0.39, 0.29) is 0 Å². The number of likely N-dealkylation sites (tertiary alicyclic amines) is 1. The van der Waals surface area contributed by atoms with Gasteiger partial charge in [-0.1, -0.05) is 18.2 Å². The number of benzene rings is 1. The van der Waals surface area contributed by atoms with Crippen LogP contribution in [0.5, 0.6) is 0 Å². The maximum Gasteiger partial charge on any atom is 0.104 e. The van der Waals surface area contributed by atoms with Gasteiger partial charge in [0, 0.05) is 36.4 Å². The Morgan fingerprint density at radius 3 is 2.95 bits per heavy atom. The minimum atomic E-state index is -0.719. The number of rotatable bonds is 2. The van der Waals surface area contributed by atoms with Crippen molar-refractivity contribution in [3.63, 3.8) is 0 Å². The van der Waals surface area contributed by atoms with E-state index >= 15 is 0 Å². The summed E-state index contributed by atoms with van der Waals surface area (Å²) in [5.74, 6) is 0. The van der Waals surface area contributed by atoms with Crippen molar-refractivity contribution in [3.8, 4) is 0 Å². The summed E-state index contributed by atoms with van der Waals surface area (Å²) in [4.78, 5) is 6.67. The van der Waals surface area contributed by atoms with Crippen LogP contribution in [0.4, 0.5) is 0 Å². The van der Waals surface area contributed by atoms with E-state index in [0.29, 0.717) is 12.1 Å². The molecule has 1 aliphatic heterocycles. The summed E-state index contributed by atoms with van der Waals surface area (Å²) in [5, 5.41) is 13.5. The van der Waals surface area contributed by atoms with E-state index < -0.39 is 5.60 Å². The van der Waals surface area contributed by atoms with Gasteiger partial charge in [-0.25, -0.2) is 0 Å². The fraction of sp³-hybridized carbons (Fsp3) is 0.471. The highest BCUT2D eigenvalue weighted by Gasteiger charge is 2.47. The molecule has 1 N–H and O–H groups in total. The van der Waals surface area contributed by atoms with E-state index in [1.54, 1.807) is 0 Å². The molecular weight excluding hydrogens is 248 g/mol. The van der Waals surface area contributed by atoms with Crippen LogP contribution in [0, 0.1) is 0 Å². The number of aromatic nitrogens is 1. The molecule has 0 bridgehead atoms. The Kier molecular flexibility index (Phi) is 2.63. The van der Waals surface area contributed by atoms with Crippen LogP contribution in [-0.4, -0.2) is 33.6 Å². The van der Waals surface area contributed by atoms with Crippen molar-refractivity contribution >= 4 is 10.8 Å². The van der Waals surface area contributed by atoms with Crippen molar-refractivity contribution in [3.05, 3.63) is 42.2 Å². The molecule has 2 atom stereocenters. The lowest BCUT2D eigenvalue weighted by Gasteiger charge is -2.25. The average Bonchev–Trinajstić information content (AvgIpc) is 3.24. The second kappa shape index (κ2) is 4.27. The maximum absolute atomic E-state index is 11.2. The van der Waals surface area contributed by atoms with Gasteiger partial charge in [0.1, 0.15) is 5.60 Å². The minimum Gasteiger partial charge on any atom is -0.384 e. The van der Waals surface area contributed by atoms with E-state index in [4.69, 9.17) is 0 Å². The van der Waals surface area contributed by atoms with Crippen molar-refractivity contribution in [2.75, 3.05) is 6.54 Å². The van der Waals surface area contributed by atoms with Gasteiger partial charge >= 0.3 is 0 Å². The van der Waals surface area contributed by atoms with Gasteiger partial charge in [0.15, 0.2) is 0 Å². The zero-order valence-electron chi connectivity index (χ0n) is 11.8. The van der Waals surface area contributed by atoms with Crippen LogP contribution < -0.4 is 0 Å². The highest BCUT2D eigenvalue weighted by molar-refractivity contribution is 5.85. The van der Waals surface area contributed by atoms with Crippen LogP contribution in [0.15, 0.2) is 36.7 Å². The summed E-state index contributed by atoms with van der Waals surface area (Å²) in [6.45, 7) is 3.00. The molecule has 2 heterocycles. The third kappa shape index (κ3) is 1.85.